The molecule has 0 saturated carbocycles. The van der Waals surface area contributed by atoms with E-state index in [4.69, 9.17) is 4.74 Å². The summed E-state index contributed by atoms with van der Waals surface area (Å²) in [4.78, 5) is 14.3. The molecule has 2 amide bonds. The zero-order valence-corrected chi connectivity index (χ0v) is 14.2. The van der Waals surface area contributed by atoms with Gasteiger partial charge in [-0.25, -0.2) is 4.79 Å². The number of urea groups is 1. The van der Waals surface area contributed by atoms with Crippen molar-refractivity contribution in [1.82, 2.24) is 0 Å². The number of benzene rings is 2. The maximum absolute atomic E-state index is 12.0. The minimum Gasteiger partial charge on any atom is -0.378 e. The number of carbonyl (C=O) groups is 1. The molecule has 0 spiro atoms. The van der Waals surface area contributed by atoms with Gasteiger partial charge >= 0.3 is 6.03 Å². The lowest BCUT2D eigenvalue weighted by Gasteiger charge is -2.28. The average Bonchev–Trinajstić information content (AvgIpc) is 2.56. The molecule has 1 aliphatic rings. The number of nitrogens with zero attached hydrogens (tertiary/aromatic N) is 1. The number of halogens is 1. The van der Waals surface area contributed by atoms with Crippen molar-refractivity contribution in [2.75, 3.05) is 41.8 Å². The Morgan fingerprint density at radius 2 is 1.70 bits per heavy atom. The Labute approximate surface area is 143 Å². The van der Waals surface area contributed by atoms with Gasteiger partial charge in [0, 0.05) is 34.6 Å². The summed E-state index contributed by atoms with van der Waals surface area (Å²) in [5, 5.41) is 5.63. The van der Waals surface area contributed by atoms with Crippen LogP contribution in [0.3, 0.4) is 0 Å². The highest BCUT2D eigenvalue weighted by molar-refractivity contribution is 9.10. The topological polar surface area (TPSA) is 53.6 Å². The minimum atomic E-state index is -0.262. The average molecular weight is 376 g/mol. The van der Waals surface area contributed by atoms with E-state index >= 15 is 0 Å². The van der Waals surface area contributed by atoms with Crippen molar-refractivity contribution in [3.8, 4) is 0 Å². The minimum absolute atomic E-state index is 0.262. The van der Waals surface area contributed by atoms with Gasteiger partial charge in [-0.3, -0.25) is 0 Å². The van der Waals surface area contributed by atoms with E-state index in [9.17, 15) is 4.79 Å². The zero-order chi connectivity index (χ0) is 16.1. The number of hydrogen-bond donors (Lipinski definition) is 2. The van der Waals surface area contributed by atoms with E-state index < -0.39 is 0 Å². The third-order valence-corrected chi connectivity index (χ3v) is 4.08. The molecule has 5 nitrogen and oxygen atoms in total. The second-order valence-electron chi connectivity index (χ2n) is 5.24. The first-order chi connectivity index (χ1) is 11.2. The molecule has 0 aromatic heterocycles. The van der Waals surface area contributed by atoms with Gasteiger partial charge in [0.1, 0.15) is 0 Å². The van der Waals surface area contributed by atoms with Crippen LogP contribution in [-0.2, 0) is 4.74 Å². The summed E-state index contributed by atoms with van der Waals surface area (Å²) in [5.74, 6) is 0. The summed E-state index contributed by atoms with van der Waals surface area (Å²) in [7, 11) is 0. The quantitative estimate of drug-likeness (QED) is 0.854. The largest absolute Gasteiger partial charge is 0.378 e. The van der Waals surface area contributed by atoms with E-state index in [0.717, 1.165) is 47.8 Å². The molecule has 2 aromatic carbocycles. The summed E-state index contributed by atoms with van der Waals surface area (Å²) >= 11 is 3.38. The summed E-state index contributed by atoms with van der Waals surface area (Å²) in [6, 6.07) is 15.1. The normalized spacial score (nSPS) is 14.4. The Morgan fingerprint density at radius 1 is 1.00 bits per heavy atom. The van der Waals surface area contributed by atoms with Crippen LogP contribution in [-0.4, -0.2) is 32.3 Å². The molecule has 2 N–H and O–H groups in total. The maximum atomic E-state index is 12.0. The van der Waals surface area contributed by atoms with Crippen molar-refractivity contribution in [2.45, 2.75) is 0 Å². The molecule has 0 atom stereocenters. The van der Waals surface area contributed by atoms with Crippen LogP contribution in [0.25, 0.3) is 0 Å². The standard InChI is InChI=1S/C17H18BrN3O2/c18-13-2-1-3-15(12-13)20-17(22)19-14-4-6-16(7-5-14)21-8-10-23-11-9-21/h1-7,12H,8-11H2,(H2,19,20,22). The van der Waals surface area contributed by atoms with Crippen LogP contribution in [0.2, 0.25) is 0 Å². The Bertz CT molecular complexity index is 670. The second-order valence-corrected chi connectivity index (χ2v) is 6.15. The molecule has 0 radical (unpaired) electrons. The van der Waals surface area contributed by atoms with Gasteiger partial charge in [-0.2, -0.15) is 0 Å². The highest BCUT2D eigenvalue weighted by Gasteiger charge is 2.11. The lowest BCUT2D eigenvalue weighted by molar-refractivity contribution is 0.122. The number of carbonyl (C=O) groups excluding carboxylic acids is 1. The van der Waals surface area contributed by atoms with Crippen LogP contribution in [0, 0.1) is 0 Å². The van der Waals surface area contributed by atoms with E-state index in [0.29, 0.717) is 0 Å². The van der Waals surface area contributed by atoms with Gasteiger partial charge < -0.3 is 20.3 Å². The SMILES string of the molecule is O=C(Nc1ccc(N2CCOCC2)cc1)Nc1cccc(Br)c1. The monoisotopic (exact) mass is 375 g/mol. The fourth-order valence-electron chi connectivity index (χ4n) is 2.44. The van der Waals surface area contributed by atoms with E-state index in [-0.39, 0.29) is 6.03 Å². The predicted octanol–water partition coefficient (Wildman–Crippen LogP) is 3.93. The van der Waals surface area contributed by atoms with Crippen LogP contribution in [0.5, 0.6) is 0 Å². The number of ether oxygens (including phenoxy) is 1. The van der Waals surface area contributed by atoms with Crippen molar-refractivity contribution in [3.63, 3.8) is 0 Å². The number of morpholine rings is 1. The van der Waals surface area contributed by atoms with Crippen LogP contribution < -0.4 is 15.5 Å². The summed E-state index contributed by atoms with van der Waals surface area (Å²) in [6.07, 6.45) is 0. The first kappa shape index (κ1) is 15.8. The highest BCUT2D eigenvalue weighted by Crippen LogP contribution is 2.20. The molecule has 0 aliphatic carbocycles. The van der Waals surface area contributed by atoms with E-state index in [1.54, 1.807) is 0 Å². The lowest BCUT2D eigenvalue weighted by atomic mass is 10.2. The Kier molecular flexibility index (Phi) is 5.15. The highest BCUT2D eigenvalue weighted by atomic mass is 79.9. The molecular formula is C17H18BrN3O2. The smallest absolute Gasteiger partial charge is 0.323 e. The molecule has 6 heteroatoms. The van der Waals surface area contributed by atoms with Crippen LogP contribution >= 0.6 is 15.9 Å². The van der Waals surface area contributed by atoms with Gasteiger partial charge in [-0.05, 0) is 42.5 Å². The molecule has 23 heavy (non-hydrogen) atoms. The van der Waals surface area contributed by atoms with Crippen molar-refractivity contribution < 1.29 is 9.53 Å². The van der Waals surface area contributed by atoms with Gasteiger partial charge in [-0.1, -0.05) is 22.0 Å². The second kappa shape index (κ2) is 7.48. The lowest BCUT2D eigenvalue weighted by Crippen LogP contribution is -2.36. The fraction of sp³-hybridized carbons (Fsp3) is 0.235. The van der Waals surface area contributed by atoms with Gasteiger partial charge in [-0.15, -0.1) is 0 Å². The van der Waals surface area contributed by atoms with E-state index in [1.165, 1.54) is 0 Å². The first-order valence-corrected chi connectivity index (χ1v) is 8.26. The molecule has 1 saturated heterocycles. The van der Waals surface area contributed by atoms with Gasteiger partial charge in [0.15, 0.2) is 0 Å². The van der Waals surface area contributed by atoms with Gasteiger partial charge in [0.25, 0.3) is 0 Å². The zero-order valence-electron chi connectivity index (χ0n) is 12.6. The molecule has 0 bridgehead atoms. The predicted molar refractivity (Wildman–Crippen MR) is 96.3 cm³/mol. The first-order valence-electron chi connectivity index (χ1n) is 7.47. The molecular weight excluding hydrogens is 358 g/mol. The summed E-state index contributed by atoms with van der Waals surface area (Å²) < 4.78 is 6.27. The molecule has 1 aliphatic heterocycles. The summed E-state index contributed by atoms with van der Waals surface area (Å²) in [6.45, 7) is 3.32. The fourth-order valence-corrected chi connectivity index (χ4v) is 2.84. The van der Waals surface area contributed by atoms with Crippen molar-refractivity contribution >= 4 is 39.0 Å². The molecule has 0 unspecified atom stereocenters. The van der Waals surface area contributed by atoms with Crippen molar-refractivity contribution in [3.05, 3.63) is 53.0 Å². The van der Waals surface area contributed by atoms with E-state index in [1.807, 2.05) is 48.5 Å². The number of hydrogen-bond acceptors (Lipinski definition) is 3. The Morgan fingerprint density at radius 3 is 2.39 bits per heavy atom. The van der Waals surface area contributed by atoms with Crippen molar-refractivity contribution in [1.29, 1.82) is 0 Å². The van der Waals surface area contributed by atoms with Gasteiger partial charge in [0.05, 0.1) is 13.2 Å². The Balaban J connectivity index is 1.58. The maximum Gasteiger partial charge on any atom is 0.323 e. The molecule has 2 aromatic rings. The molecule has 120 valence electrons. The Hall–Kier alpha value is -2.05. The molecule has 1 heterocycles. The van der Waals surface area contributed by atoms with Crippen molar-refractivity contribution in [2.24, 2.45) is 0 Å². The number of amides is 2. The molecule has 1 fully saturated rings. The van der Waals surface area contributed by atoms with E-state index in [2.05, 4.69) is 31.5 Å². The number of rotatable bonds is 3. The number of nitrogens with one attached hydrogen (secondary N) is 2. The van der Waals surface area contributed by atoms with Crippen LogP contribution in [0.15, 0.2) is 53.0 Å². The van der Waals surface area contributed by atoms with Gasteiger partial charge in [0.2, 0.25) is 0 Å². The number of anilines is 3. The third-order valence-electron chi connectivity index (χ3n) is 3.58. The molecule has 3 rings (SSSR count). The third kappa shape index (κ3) is 4.46. The summed E-state index contributed by atoms with van der Waals surface area (Å²) in [5.41, 5.74) is 2.64. The van der Waals surface area contributed by atoms with Crippen LogP contribution in [0.4, 0.5) is 21.9 Å². The van der Waals surface area contributed by atoms with Crippen LogP contribution in [0.1, 0.15) is 0 Å².